The summed E-state index contributed by atoms with van der Waals surface area (Å²) in [5.41, 5.74) is 5.81. The highest BCUT2D eigenvalue weighted by atomic mass is 16.4. The summed E-state index contributed by atoms with van der Waals surface area (Å²) in [6, 6.07) is 7.19. The van der Waals surface area contributed by atoms with Crippen LogP contribution >= 0.6 is 0 Å². The first-order chi connectivity index (χ1) is 9.59. The highest BCUT2D eigenvalue weighted by Crippen LogP contribution is 2.30. The minimum Gasteiger partial charge on any atom is -0.480 e. The number of benzene rings is 1. The van der Waals surface area contributed by atoms with Crippen LogP contribution in [0, 0.1) is 0 Å². The predicted octanol–water partition coefficient (Wildman–Crippen LogP) is 1.31. The molecule has 0 spiro atoms. The van der Waals surface area contributed by atoms with Crippen molar-refractivity contribution in [2.75, 3.05) is 6.54 Å². The number of carbonyl (C=O) groups excluding carboxylic acids is 1. The summed E-state index contributed by atoms with van der Waals surface area (Å²) in [4.78, 5) is 23.9. The van der Waals surface area contributed by atoms with Gasteiger partial charge in [-0.3, -0.25) is 4.79 Å². The number of carboxylic acid groups (broad SMARTS) is 1. The number of carbonyl (C=O) groups is 2. The van der Waals surface area contributed by atoms with E-state index < -0.39 is 11.5 Å². The SMILES string of the molecule is NCCc1ccccc1C(=O)NC1(C(=O)O)CCCC1. The van der Waals surface area contributed by atoms with E-state index in [1.165, 1.54) is 0 Å². The topological polar surface area (TPSA) is 92.4 Å². The molecule has 1 fully saturated rings. The molecule has 0 unspecified atom stereocenters. The lowest BCUT2D eigenvalue weighted by Crippen LogP contribution is -2.52. The van der Waals surface area contributed by atoms with Crippen molar-refractivity contribution < 1.29 is 14.7 Å². The fourth-order valence-electron chi connectivity index (χ4n) is 2.77. The van der Waals surface area contributed by atoms with E-state index in [0.717, 1.165) is 18.4 Å². The minimum absolute atomic E-state index is 0.321. The monoisotopic (exact) mass is 276 g/mol. The van der Waals surface area contributed by atoms with Gasteiger partial charge in [0, 0.05) is 5.56 Å². The molecule has 1 saturated carbocycles. The Hall–Kier alpha value is -1.88. The Bertz CT molecular complexity index is 508. The number of hydrogen-bond donors (Lipinski definition) is 3. The van der Waals surface area contributed by atoms with Crippen LogP contribution in [0.25, 0.3) is 0 Å². The van der Waals surface area contributed by atoms with Crippen molar-refractivity contribution >= 4 is 11.9 Å². The standard InChI is InChI=1S/C15H20N2O3/c16-10-7-11-5-1-2-6-12(11)13(18)17-15(14(19)20)8-3-4-9-15/h1-2,5-6H,3-4,7-10,16H2,(H,17,18)(H,19,20). The molecule has 1 aliphatic carbocycles. The van der Waals surface area contributed by atoms with Crippen LogP contribution in [0.1, 0.15) is 41.6 Å². The Labute approximate surface area is 118 Å². The quantitative estimate of drug-likeness (QED) is 0.756. The number of aliphatic carboxylic acids is 1. The van der Waals surface area contributed by atoms with Crippen molar-refractivity contribution in [2.45, 2.75) is 37.6 Å². The molecule has 0 aliphatic heterocycles. The molecule has 4 N–H and O–H groups in total. The maximum Gasteiger partial charge on any atom is 0.329 e. The van der Waals surface area contributed by atoms with Crippen LogP contribution in [0.15, 0.2) is 24.3 Å². The van der Waals surface area contributed by atoms with E-state index in [2.05, 4.69) is 5.32 Å². The molecular formula is C15H20N2O3. The van der Waals surface area contributed by atoms with E-state index in [4.69, 9.17) is 5.73 Å². The molecule has 0 aromatic heterocycles. The highest BCUT2D eigenvalue weighted by Gasteiger charge is 2.42. The second kappa shape index (κ2) is 6.05. The van der Waals surface area contributed by atoms with Gasteiger partial charge in [0.05, 0.1) is 0 Å². The normalized spacial score (nSPS) is 16.9. The van der Waals surface area contributed by atoms with Crippen molar-refractivity contribution in [2.24, 2.45) is 5.73 Å². The summed E-state index contributed by atoms with van der Waals surface area (Å²) >= 11 is 0. The van der Waals surface area contributed by atoms with Crippen LogP contribution in [0.2, 0.25) is 0 Å². The number of amides is 1. The summed E-state index contributed by atoms with van der Waals surface area (Å²) in [7, 11) is 0. The highest BCUT2D eigenvalue weighted by molar-refractivity contribution is 5.99. The number of rotatable bonds is 5. The summed E-state index contributed by atoms with van der Waals surface area (Å²) < 4.78 is 0. The maximum absolute atomic E-state index is 12.4. The van der Waals surface area contributed by atoms with E-state index in [1.54, 1.807) is 12.1 Å². The van der Waals surface area contributed by atoms with Crippen LogP contribution in [0.3, 0.4) is 0 Å². The van der Waals surface area contributed by atoms with E-state index in [0.29, 0.717) is 31.4 Å². The molecule has 0 radical (unpaired) electrons. The largest absolute Gasteiger partial charge is 0.480 e. The smallest absolute Gasteiger partial charge is 0.329 e. The first kappa shape index (κ1) is 14.5. The van der Waals surface area contributed by atoms with Gasteiger partial charge in [-0.15, -0.1) is 0 Å². The Balaban J connectivity index is 2.21. The molecule has 0 bridgehead atoms. The number of carboxylic acids is 1. The Morgan fingerprint density at radius 2 is 1.90 bits per heavy atom. The van der Waals surface area contributed by atoms with Crippen molar-refractivity contribution in [3.05, 3.63) is 35.4 Å². The van der Waals surface area contributed by atoms with Crippen LogP contribution in [-0.4, -0.2) is 29.1 Å². The van der Waals surface area contributed by atoms with Crippen LogP contribution in [-0.2, 0) is 11.2 Å². The first-order valence-electron chi connectivity index (χ1n) is 6.93. The molecule has 0 heterocycles. The van der Waals surface area contributed by atoms with Crippen LogP contribution in [0.4, 0.5) is 0 Å². The van der Waals surface area contributed by atoms with Gasteiger partial charge in [-0.1, -0.05) is 31.0 Å². The zero-order valence-electron chi connectivity index (χ0n) is 11.4. The first-order valence-corrected chi connectivity index (χ1v) is 6.93. The zero-order valence-corrected chi connectivity index (χ0v) is 11.4. The predicted molar refractivity (Wildman–Crippen MR) is 75.5 cm³/mol. The lowest BCUT2D eigenvalue weighted by molar-refractivity contribution is -0.144. The van der Waals surface area contributed by atoms with Crippen molar-refractivity contribution in [3.63, 3.8) is 0 Å². The third-order valence-corrected chi connectivity index (χ3v) is 3.89. The van der Waals surface area contributed by atoms with Gasteiger partial charge in [-0.25, -0.2) is 4.79 Å². The second-order valence-electron chi connectivity index (χ2n) is 5.24. The van der Waals surface area contributed by atoms with Gasteiger partial charge < -0.3 is 16.2 Å². The molecule has 0 atom stereocenters. The Kier molecular flexibility index (Phi) is 4.39. The molecule has 1 aromatic rings. The number of hydrogen-bond acceptors (Lipinski definition) is 3. The van der Waals surface area contributed by atoms with Crippen LogP contribution in [0.5, 0.6) is 0 Å². The summed E-state index contributed by atoms with van der Waals surface area (Å²) in [5.74, 6) is -1.27. The molecular weight excluding hydrogens is 256 g/mol. The zero-order chi connectivity index (χ0) is 14.6. The van der Waals surface area contributed by atoms with E-state index in [1.807, 2.05) is 12.1 Å². The lowest BCUT2D eigenvalue weighted by atomic mass is 9.96. The fourth-order valence-corrected chi connectivity index (χ4v) is 2.77. The van der Waals surface area contributed by atoms with E-state index >= 15 is 0 Å². The molecule has 1 aromatic carbocycles. The van der Waals surface area contributed by atoms with Crippen LogP contribution < -0.4 is 11.1 Å². The average molecular weight is 276 g/mol. The summed E-state index contributed by atoms with van der Waals surface area (Å²) in [6.45, 7) is 0.453. The molecule has 5 heteroatoms. The molecule has 20 heavy (non-hydrogen) atoms. The molecule has 1 aliphatic rings. The van der Waals surface area contributed by atoms with Gasteiger partial charge >= 0.3 is 5.97 Å². The van der Waals surface area contributed by atoms with Crippen molar-refractivity contribution in [1.29, 1.82) is 0 Å². The third kappa shape index (κ3) is 2.82. The molecule has 1 amide bonds. The fraction of sp³-hybridized carbons (Fsp3) is 0.467. The summed E-state index contributed by atoms with van der Waals surface area (Å²) in [5, 5.41) is 12.1. The minimum atomic E-state index is -1.10. The number of nitrogens with one attached hydrogen (secondary N) is 1. The Morgan fingerprint density at radius 1 is 1.25 bits per heavy atom. The van der Waals surface area contributed by atoms with E-state index in [-0.39, 0.29) is 5.91 Å². The molecule has 108 valence electrons. The lowest BCUT2D eigenvalue weighted by Gasteiger charge is -2.25. The molecule has 5 nitrogen and oxygen atoms in total. The van der Waals surface area contributed by atoms with Gasteiger partial charge in [0.15, 0.2) is 0 Å². The van der Waals surface area contributed by atoms with Crippen molar-refractivity contribution in [3.8, 4) is 0 Å². The van der Waals surface area contributed by atoms with Gasteiger partial charge in [-0.2, -0.15) is 0 Å². The molecule has 2 rings (SSSR count). The summed E-state index contributed by atoms with van der Waals surface area (Å²) in [6.07, 6.45) is 3.25. The van der Waals surface area contributed by atoms with E-state index in [9.17, 15) is 14.7 Å². The molecule has 0 saturated heterocycles. The van der Waals surface area contributed by atoms with Gasteiger partial charge in [0.25, 0.3) is 5.91 Å². The number of nitrogens with two attached hydrogens (primary N) is 1. The Morgan fingerprint density at radius 3 is 2.50 bits per heavy atom. The van der Waals surface area contributed by atoms with Crippen molar-refractivity contribution in [1.82, 2.24) is 5.32 Å². The second-order valence-corrected chi connectivity index (χ2v) is 5.24. The van der Waals surface area contributed by atoms with Gasteiger partial charge in [-0.05, 0) is 37.4 Å². The van der Waals surface area contributed by atoms with Gasteiger partial charge in [0.1, 0.15) is 5.54 Å². The van der Waals surface area contributed by atoms with Gasteiger partial charge in [0.2, 0.25) is 0 Å². The maximum atomic E-state index is 12.4. The average Bonchev–Trinajstić information content (AvgIpc) is 2.89. The third-order valence-electron chi connectivity index (χ3n) is 3.89.